The van der Waals surface area contributed by atoms with Gasteiger partial charge in [-0.1, -0.05) is 18.2 Å². The first-order chi connectivity index (χ1) is 12.7. The second kappa shape index (κ2) is 7.27. The molecule has 0 saturated carbocycles. The molecule has 0 bridgehead atoms. The van der Waals surface area contributed by atoms with E-state index in [1.54, 1.807) is 11.3 Å². The van der Waals surface area contributed by atoms with Crippen LogP contribution in [0.1, 0.15) is 17.5 Å². The second-order valence-corrected chi connectivity index (χ2v) is 7.25. The molecule has 1 aliphatic rings. The van der Waals surface area contributed by atoms with Crippen LogP contribution in [0.5, 0.6) is 0 Å². The molecule has 1 aromatic heterocycles. The van der Waals surface area contributed by atoms with Crippen LogP contribution in [-0.2, 0) is 6.54 Å². The Morgan fingerprint density at radius 2 is 2.12 bits per heavy atom. The quantitative estimate of drug-likeness (QED) is 0.598. The maximum atomic E-state index is 12.0. The highest BCUT2D eigenvalue weighted by molar-refractivity contribution is 7.22. The Morgan fingerprint density at radius 1 is 1.23 bits per heavy atom. The summed E-state index contributed by atoms with van der Waals surface area (Å²) in [7, 11) is 0. The van der Waals surface area contributed by atoms with E-state index in [1.165, 1.54) is 20.5 Å². The Morgan fingerprint density at radius 3 is 2.96 bits per heavy atom. The molecule has 1 aliphatic heterocycles. The third kappa shape index (κ3) is 3.34. The van der Waals surface area contributed by atoms with Gasteiger partial charge < -0.3 is 15.7 Å². The predicted molar refractivity (Wildman–Crippen MR) is 107 cm³/mol. The number of nitrogens with one attached hydrogen (secondary N) is 2. The molecule has 4 rings (SSSR count). The number of aliphatic hydroxyl groups excluding tert-OH is 1. The molecule has 132 valence electrons. The molecule has 26 heavy (non-hydrogen) atoms. The number of carbonyl (C=O) groups is 1. The molecular weight excluding hydrogens is 346 g/mol. The van der Waals surface area contributed by atoms with Crippen LogP contribution in [0.25, 0.3) is 20.5 Å². The van der Waals surface area contributed by atoms with Crippen LogP contribution in [-0.4, -0.2) is 30.5 Å². The molecule has 0 atom stereocenters. The van der Waals surface area contributed by atoms with Gasteiger partial charge in [0.2, 0.25) is 0 Å². The summed E-state index contributed by atoms with van der Waals surface area (Å²) in [6.45, 7) is 1.17. The Labute approximate surface area is 155 Å². The van der Waals surface area contributed by atoms with Gasteiger partial charge in [0.05, 0.1) is 6.54 Å². The summed E-state index contributed by atoms with van der Waals surface area (Å²) in [4.78, 5) is 17.6. The van der Waals surface area contributed by atoms with Crippen molar-refractivity contribution < 1.29 is 9.90 Å². The summed E-state index contributed by atoms with van der Waals surface area (Å²) < 4.78 is 1.25. The lowest BCUT2D eigenvalue weighted by Gasteiger charge is -2.12. The first kappa shape index (κ1) is 16.8. The first-order valence-corrected chi connectivity index (χ1v) is 9.37. The monoisotopic (exact) mass is 365 g/mol. The topological polar surface area (TPSA) is 73.7 Å². The molecule has 6 heteroatoms. The average molecular weight is 365 g/mol. The van der Waals surface area contributed by atoms with Crippen LogP contribution in [0, 0.1) is 0 Å². The third-order valence-corrected chi connectivity index (χ3v) is 5.48. The normalized spacial score (nSPS) is 12.3. The zero-order chi connectivity index (χ0) is 17.9. The Bertz CT molecular complexity index is 961. The number of amides is 2. The maximum absolute atomic E-state index is 12.0. The van der Waals surface area contributed by atoms with Crippen LogP contribution in [0.2, 0.25) is 0 Å². The number of fused-ring (bicyclic) bond motifs is 2. The number of anilines is 1. The minimum atomic E-state index is -0.268. The molecule has 0 spiro atoms. The van der Waals surface area contributed by atoms with Gasteiger partial charge in [0.1, 0.15) is 0 Å². The molecule has 3 aromatic rings. The van der Waals surface area contributed by atoms with Gasteiger partial charge in [-0.3, -0.25) is 4.99 Å². The number of benzene rings is 2. The number of rotatable bonds is 5. The lowest BCUT2D eigenvalue weighted by molar-refractivity contribution is 0.249. The fourth-order valence-electron chi connectivity index (χ4n) is 3.08. The van der Waals surface area contributed by atoms with E-state index < -0.39 is 0 Å². The molecule has 0 fully saturated rings. The SMILES string of the molecule is O=C(NCCCO)Nc1cc2c(c(-c3cc4ccccc4s3)c1)CN=C2. The number of thiophene rings is 1. The Hall–Kier alpha value is -2.70. The van der Waals surface area contributed by atoms with Gasteiger partial charge in [-0.15, -0.1) is 11.3 Å². The molecule has 0 unspecified atom stereocenters. The van der Waals surface area contributed by atoms with Gasteiger partial charge in [0, 0.05) is 40.2 Å². The zero-order valence-electron chi connectivity index (χ0n) is 14.2. The number of urea groups is 1. The number of hydrogen-bond donors (Lipinski definition) is 3. The van der Waals surface area contributed by atoms with E-state index in [2.05, 4.69) is 33.8 Å². The van der Waals surface area contributed by atoms with Gasteiger partial charge in [0.15, 0.2) is 0 Å². The largest absolute Gasteiger partial charge is 0.396 e. The molecule has 5 nitrogen and oxygen atoms in total. The average Bonchev–Trinajstić information content (AvgIpc) is 3.27. The van der Waals surface area contributed by atoms with Crippen molar-refractivity contribution in [3.05, 3.63) is 53.6 Å². The minimum absolute atomic E-state index is 0.0612. The summed E-state index contributed by atoms with van der Waals surface area (Å²) >= 11 is 1.75. The molecule has 0 aliphatic carbocycles. The summed E-state index contributed by atoms with van der Waals surface area (Å²) in [6, 6.07) is 14.2. The molecule has 0 radical (unpaired) electrons. The fourth-order valence-corrected chi connectivity index (χ4v) is 4.19. The van der Waals surface area contributed by atoms with E-state index in [4.69, 9.17) is 5.11 Å². The Kier molecular flexibility index (Phi) is 4.69. The van der Waals surface area contributed by atoms with Gasteiger partial charge in [-0.05, 0) is 47.2 Å². The highest BCUT2D eigenvalue weighted by atomic mass is 32.1. The number of nitrogens with zero attached hydrogens (tertiary/aromatic N) is 1. The van der Waals surface area contributed by atoms with E-state index >= 15 is 0 Å². The second-order valence-electron chi connectivity index (χ2n) is 6.17. The van der Waals surface area contributed by atoms with Crippen LogP contribution < -0.4 is 10.6 Å². The standard InChI is InChI=1S/C20H19N3O2S/c24-7-3-6-22-20(25)23-15-8-14-11-21-12-17(14)16(10-15)19-9-13-4-1-2-5-18(13)26-19/h1-2,4-5,8-11,24H,3,6-7,12H2,(H2,22,23,25). The highest BCUT2D eigenvalue weighted by Crippen LogP contribution is 2.38. The predicted octanol–water partition coefficient (Wildman–Crippen LogP) is 4.00. The molecule has 2 heterocycles. The van der Waals surface area contributed by atoms with Crippen LogP contribution in [0.3, 0.4) is 0 Å². The van der Waals surface area contributed by atoms with E-state index in [9.17, 15) is 4.79 Å². The molecule has 2 amide bonds. The molecule has 2 aromatic carbocycles. The first-order valence-electron chi connectivity index (χ1n) is 8.56. The lowest BCUT2D eigenvalue weighted by atomic mass is 10.0. The summed E-state index contributed by atoms with van der Waals surface area (Å²) in [5.74, 6) is 0. The maximum Gasteiger partial charge on any atom is 0.319 e. The van der Waals surface area contributed by atoms with Crippen molar-refractivity contribution in [1.82, 2.24) is 5.32 Å². The minimum Gasteiger partial charge on any atom is -0.396 e. The number of aliphatic hydroxyl groups is 1. The molecular formula is C20H19N3O2S. The van der Waals surface area contributed by atoms with Gasteiger partial charge >= 0.3 is 6.03 Å². The van der Waals surface area contributed by atoms with Crippen molar-refractivity contribution in [2.45, 2.75) is 13.0 Å². The zero-order valence-corrected chi connectivity index (χ0v) is 15.0. The third-order valence-electron chi connectivity index (χ3n) is 4.33. The van der Waals surface area contributed by atoms with Crippen LogP contribution in [0.4, 0.5) is 10.5 Å². The fraction of sp³-hybridized carbons (Fsp3) is 0.200. The van der Waals surface area contributed by atoms with Gasteiger partial charge in [-0.25, -0.2) is 4.79 Å². The lowest BCUT2D eigenvalue weighted by Crippen LogP contribution is -2.30. The van der Waals surface area contributed by atoms with Crippen LogP contribution >= 0.6 is 11.3 Å². The highest BCUT2D eigenvalue weighted by Gasteiger charge is 2.17. The van der Waals surface area contributed by atoms with Gasteiger partial charge in [-0.2, -0.15) is 0 Å². The number of hydrogen-bond acceptors (Lipinski definition) is 4. The summed E-state index contributed by atoms with van der Waals surface area (Å²) in [5, 5.41) is 15.7. The summed E-state index contributed by atoms with van der Waals surface area (Å²) in [5.41, 5.74) is 4.10. The van der Waals surface area contributed by atoms with E-state index in [0.29, 0.717) is 19.5 Å². The summed E-state index contributed by atoms with van der Waals surface area (Å²) in [6.07, 6.45) is 2.40. The number of aliphatic imine (C=N–C) groups is 1. The van der Waals surface area contributed by atoms with Crippen molar-refractivity contribution in [2.24, 2.45) is 4.99 Å². The van der Waals surface area contributed by atoms with Crippen LogP contribution in [0.15, 0.2) is 47.5 Å². The van der Waals surface area contributed by atoms with Gasteiger partial charge in [0.25, 0.3) is 0 Å². The van der Waals surface area contributed by atoms with Crippen molar-refractivity contribution >= 4 is 39.4 Å². The van der Waals surface area contributed by atoms with E-state index in [0.717, 1.165) is 16.8 Å². The molecule has 3 N–H and O–H groups in total. The Balaban J connectivity index is 1.66. The van der Waals surface area contributed by atoms with Crippen molar-refractivity contribution in [3.8, 4) is 10.4 Å². The van der Waals surface area contributed by atoms with E-state index in [1.807, 2.05) is 30.5 Å². The smallest absolute Gasteiger partial charge is 0.319 e. The van der Waals surface area contributed by atoms with Crippen molar-refractivity contribution in [1.29, 1.82) is 0 Å². The van der Waals surface area contributed by atoms with Crippen molar-refractivity contribution in [2.75, 3.05) is 18.5 Å². The number of carbonyl (C=O) groups excluding carboxylic acids is 1. The van der Waals surface area contributed by atoms with Crippen molar-refractivity contribution in [3.63, 3.8) is 0 Å². The molecule has 0 saturated heterocycles. The van der Waals surface area contributed by atoms with E-state index in [-0.39, 0.29) is 12.6 Å².